The van der Waals surface area contributed by atoms with Crippen molar-refractivity contribution in [2.45, 2.75) is 26.2 Å². The first-order chi connectivity index (χ1) is 14.2. The number of para-hydroxylation sites is 1. The van der Waals surface area contributed by atoms with Gasteiger partial charge in [0.05, 0.1) is 0 Å². The third-order valence-corrected chi connectivity index (χ3v) is 5.21. The molecule has 6 nitrogen and oxygen atoms in total. The first kappa shape index (κ1) is 21.3. The molecule has 0 aromatic heterocycles. The van der Waals surface area contributed by atoms with E-state index in [1.807, 2.05) is 30.1 Å². The summed E-state index contributed by atoms with van der Waals surface area (Å²) in [5.74, 6) is -0.661. The number of esters is 1. The predicted octanol–water partition coefficient (Wildman–Crippen LogP) is 3.69. The summed E-state index contributed by atoms with van der Waals surface area (Å²) < 4.78 is 10.4. The van der Waals surface area contributed by atoms with Crippen LogP contribution in [0, 0.1) is 0 Å². The van der Waals surface area contributed by atoms with Gasteiger partial charge in [-0.15, -0.1) is 0 Å². The minimum atomic E-state index is -0.655. The molecule has 2 aromatic carbocycles. The van der Waals surface area contributed by atoms with E-state index in [1.165, 1.54) is 13.0 Å². The molecule has 0 aliphatic carbocycles. The largest absolute Gasteiger partial charge is 0.482 e. The number of ether oxygens (including phenoxy) is 2. The topological polar surface area (TPSA) is 72.9 Å². The number of fused-ring (bicyclic) bond motifs is 1. The highest BCUT2D eigenvalue weighted by molar-refractivity contribution is 5.95. The minimum absolute atomic E-state index is 0.0939. The van der Waals surface area contributed by atoms with Crippen LogP contribution in [0.3, 0.4) is 0 Å². The van der Waals surface area contributed by atoms with Crippen LogP contribution < -0.4 is 9.64 Å². The van der Waals surface area contributed by atoms with Crippen molar-refractivity contribution in [1.82, 2.24) is 0 Å². The third kappa shape index (κ3) is 4.43. The fourth-order valence-electron chi connectivity index (χ4n) is 3.59. The number of hydrogen-bond donors (Lipinski definition) is 0. The minimum Gasteiger partial charge on any atom is -0.482 e. The lowest BCUT2D eigenvalue weighted by Crippen LogP contribution is -2.25. The summed E-state index contributed by atoms with van der Waals surface area (Å²) >= 11 is 0. The molecule has 3 rings (SSSR count). The van der Waals surface area contributed by atoms with E-state index in [0.717, 1.165) is 16.9 Å². The zero-order valence-corrected chi connectivity index (χ0v) is 17.6. The van der Waals surface area contributed by atoms with Gasteiger partial charge < -0.3 is 14.4 Å². The highest BCUT2D eigenvalue weighted by Crippen LogP contribution is 2.46. The average molecular weight is 407 g/mol. The monoisotopic (exact) mass is 407 g/mol. The molecule has 2 aromatic rings. The maximum atomic E-state index is 12.4. The molecule has 0 radical (unpaired) electrons. The van der Waals surface area contributed by atoms with E-state index in [-0.39, 0.29) is 30.2 Å². The molecule has 0 saturated carbocycles. The van der Waals surface area contributed by atoms with Crippen LogP contribution in [-0.2, 0) is 19.7 Å². The van der Waals surface area contributed by atoms with E-state index in [0.29, 0.717) is 11.3 Å². The molecule has 1 aliphatic rings. The number of ketones is 2. The number of anilines is 1. The number of Topliss-reactive ketones (excluding diaryl/α,β-unsaturated/α-hetero) is 1. The summed E-state index contributed by atoms with van der Waals surface area (Å²) in [6.45, 7) is 4.86. The van der Waals surface area contributed by atoms with Gasteiger partial charge in [0.1, 0.15) is 5.75 Å². The van der Waals surface area contributed by atoms with E-state index < -0.39 is 5.97 Å². The molecule has 6 heteroatoms. The molecular formula is C24H25NO5. The summed E-state index contributed by atoms with van der Waals surface area (Å²) in [6, 6.07) is 14.5. The predicted molar refractivity (Wildman–Crippen MR) is 114 cm³/mol. The molecule has 0 atom stereocenters. The summed E-state index contributed by atoms with van der Waals surface area (Å²) in [5.41, 5.74) is 3.22. The molecule has 0 N–H and O–H groups in total. The van der Waals surface area contributed by atoms with Gasteiger partial charge >= 0.3 is 5.97 Å². The van der Waals surface area contributed by atoms with Gasteiger partial charge in [0.25, 0.3) is 0 Å². The Labute approximate surface area is 176 Å². The third-order valence-electron chi connectivity index (χ3n) is 5.21. The summed E-state index contributed by atoms with van der Waals surface area (Å²) in [5, 5.41) is 0. The van der Waals surface area contributed by atoms with Crippen molar-refractivity contribution in [3.05, 3.63) is 71.4 Å². The Morgan fingerprint density at radius 3 is 2.47 bits per heavy atom. The number of carbonyl (C=O) groups excluding carboxylic acids is 3. The fraction of sp³-hybridized carbons (Fsp3) is 0.292. The normalized spacial score (nSPS) is 15.6. The lowest BCUT2D eigenvalue weighted by Gasteiger charge is -2.23. The summed E-state index contributed by atoms with van der Waals surface area (Å²) in [4.78, 5) is 37.8. The molecule has 0 bridgehead atoms. The molecule has 0 amide bonds. The lowest BCUT2D eigenvalue weighted by atomic mass is 9.83. The van der Waals surface area contributed by atoms with E-state index in [2.05, 4.69) is 19.9 Å². The Hall–Kier alpha value is -3.41. The van der Waals surface area contributed by atoms with Crippen LogP contribution in [0.5, 0.6) is 5.75 Å². The van der Waals surface area contributed by atoms with Crippen LogP contribution in [0.2, 0.25) is 0 Å². The maximum absolute atomic E-state index is 12.4. The number of rotatable bonds is 7. The summed E-state index contributed by atoms with van der Waals surface area (Å²) in [6.07, 6.45) is 1.53. The smallest absolute Gasteiger partial charge is 0.344 e. The molecule has 30 heavy (non-hydrogen) atoms. The van der Waals surface area contributed by atoms with Gasteiger partial charge in [-0.05, 0) is 30.7 Å². The average Bonchev–Trinajstić information content (AvgIpc) is 2.92. The number of allylic oxidation sites excluding steroid dienone is 1. The van der Waals surface area contributed by atoms with Gasteiger partial charge in [0.15, 0.2) is 24.8 Å². The van der Waals surface area contributed by atoms with Gasteiger partial charge in [-0.2, -0.15) is 0 Å². The lowest BCUT2D eigenvalue weighted by molar-refractivity contribution is -0.148. The zero-order valence-electron chi connectivity index (χ0n) is 17.6. The van der Waals surface area contributed by atoms with Gasteiger partial charge in [0, 0.05) is 35.5 Å². The van der Waals surface area contributed by atoms with Crippen molar-refractivity contribution < 1.29 is 23.9 Å². The number of likely N-dealkylation sites (N-methyl/N-ethyl adjacent to an activating group) is 1. The number of benzene rings is 2. The Morgan fingerprint density at radius 1 is 1.03 bits per heavy atom. The SMILES string of the molecule is CC(=O)c1cccc(OCC(=O)OCC(=O)/C=C2\N(C)c3ccccc3C2(C)C)c1. The Balaban J connectivity index is 1.56. The molecule has 1 heterocycles. The second kappa shape index (κ2) is 8.53. The van der Waals surface area contributed by atoms with Crippen molar-refractivity contribution >= 4 is 23.2 Å². The van der Waals surface area contributed by atoms with E-state index in [9.17, 15) is 14.4 Å². The van der Waals surface area contributed by atoms with Crippen LogP contribution >= 0.6 is 0 Å². The Kier molecular flexibility index (Phi) is 6.06. The van der Waals surface area contributed by atoms with Gasteiger partial charge in [-0.25, -0.2) is 4.79 Å². The zero-order chi connectivity index (χ0) is 21.9. The molecule has 0 fully saturated rings. The van der Waals surface area contributed by atoms with Crippen molar-refractivity contribution in [2.24, 2.45) is 0 Å². The Morgan fingerprint density at radius 2 is 1.77 bits per heavy atom. The molecule has 0 spiro atoms. The van der Waals surface area contributed by atoms with E-state index in [4.69, 9.17) is 9.47 Å². The van der Waals surface area contributed by atoms with Gasteiger partial charge in [-0.1, -0.05) is 44.2 Å². The number of hydrogen-bond acceptors (Lipinski definition) is 6. The second-order valence-corrected chi connectivity index (χ2v) is 7.73. The highest BCUT2D eigenvalue weighted by atomic mass is 16.6. The molecule has 0 saturated heterocycles. The van der Waals surface area contributed by atoms with Crippen LogP contribution in [0.1, 0.15) is 36.7 Å². The maximum Gasteiger partial charge on any atom is 0.344 e. The van der Waals surface area contributed by atoms with Gasteiger partial charge in [-0.3, -0.25) is 9.59 Å². The van der Waals surface area contributed by atoms with Crippen LogP contribution in [-0.4, -0.2) is 37.8 Å². The van der Waals surface area contributed by atoms with E-state index in [1.54, 1.807) is 24.3 Å². The first-order valence-electron chi connectivity index (χ1n) is 9.68. The van der Waals surface area contributed by atoms with Crippen molar-refractivity contribution in [2.75, 3.05) is 25.2 Å². The van der Waals surface area contributed by atoms with E-state index >= 15 is 0 Å². The van der Waals surface area contributed by atoms with Crippen LogP contribution in [0.4, 0.5) is 5.69 Å². The second-order valence-electron chi connectivity index (χ2n) is 7.73. The quantitative estimate of drug-likeness (QED) is 0.396. The van der Waals surface area contributed by atoms with Crippen LogP contribution in [0.25, 0.3) is 0 Å². The Bertz CT molecular complexity index is 1020. The number of carbonyl (C=O) groups is 3. The standard InChI is InChI=1S/C24H25NO5/c1-16(26)17-8-7-9-19(12-17)29-15-23(28)30-14-18(27)13-22-24(2,3)20-10-5-6-11-21(20)25(22)4/h5-13H,14-15H2,1-4H3/b22-13-. The van der Waals surface area contributed by atoms with Crippen LogP contribution in [0.15, 0.2) is 60.3 Å². The van der Waals surface area contributed by atoms with Gasteiger partial charge in [0.2, 0.25) is 0 Å². The molecule has 156 valence electrons. The summed E-state index contributed by atoms with van der Waals surface area (Å²) in [7, 11) is 1.92. The molecule has 1 aliphatic heterocycles. The van der Waals surface area contributed by atoms with Crippen molar-refractivity contribution in [1.29, 1.82) is 0 Å². The highest BCUT2D eigenvalue weighted by Gasteiger charge is 2.38. The number of nitrogens with zero attached hydrogens (tertiary/aromatic N) is 1. The first-order valence-corrected chi connectivity index (χ1v) is 9.68. The molecule has 0 unspecified atom stereocenters. The molecular weight excluding hydrogens is 382 g/mol. The fourth-order valence-corrected chi connectivity index (χ4v) is 3.59. The van der Waals surface area contributed by atoms with Crippen molar-refractivity contribution in [3.8, 4) is 5.75 Å². The van der Waals surface area contributed by atoms with Crippen molar-refractivity contribution in [3.63, 3.8) is 0 Å².